The highest BCUT2D eigenvalue weighted by atomic mass is 16.6. The molecule has 0 aliphatic carbocycles. The number of piperazine rings is 1. The van der Waals surface area contributed by atoms with E-state index in [-0.39, 0.29) is 23.0 Å². The number of nitrogen functional groups attached to an aromatic ring is 1. The van der Waals surface area contributed by atoms with E-state index in [9.17, 15) is 19.2 Å². The fourth-order valence-electron chi connectivity index (χ4n) is 4.13. The molecule has 1 aromatic heterocycles. The number of ether oxygens (including phenoxy) is 1. The fourth-order valence-corrected chi connectivity index (χ4v) is 4.13. The van der Waals surface area contributed by atoms with Gasteiger partial charge >= 0.3 is 6.09 Å². The standard InChI is InChI=1S/C24H29N5O5/c1-24(2,3)34-23(33)28-12-10-27(11-13-28)9-8-15-4-6-16(7-5-15)29-18(30)14-17-19(20(29)25)22(32)26-21(17)31/h4-7,14H,8-13,25H2,1-3H3,(H,26,31,32). The molecular weight excluding hydrogens is 438 g/mol. The highest BCUT2D eigenvalue weighted by Gasteiger charge is 2.32. The van der Waals surface area contributed by atoms with Crippen molar-refractivity contribution >= 4 is 23.7 Å². The van der Waals surface area contributed by atoms with Crippen LogP contribution in [0.15, 0.2) is 35.1 Å². The van der Waals surface area contributed by atoms with Gasteiger partial charge in [0.15, 0.2) is 0 Å². The lowest BCUT2D eigenvalue weighted by molar-refractivity contribution is 0.0146. The van der Waals surface area contributed by atoms with Gasteiger partial charge in [-0.05, 0) is 44.9 Å². The number of benzene rings is 1. The minimum absolute atomic E-state index is 0.00661. The van der Waals surface area contributed by atoms with Crippen LogP contribution in [-0.4, -0.2) is 70.6 Å². The van der Waals surface area contributed by atoms with Crippen molar-refractivity contribution in [3.8, 4) is 5.69 Å². The first-order valence-electron chi connectivity index (χ1n) is 11.2. The maximum Gasteiger partial charge on any atom is 0.410 e. The number of pyridine rings is 1. The Morgan fingerprint density at radius 1 is 1.03 bits per heavy atom. The second kappa shape index (κ2) is 8.94. The summed E-state index contributed by atoms with van der Waals surface area (Å²) < 4.78 is 6.67. The third kappa shape index (κ3) is 4.81. The van der Waals surface area contributed by atoms with Gasteiger partial charge in [0.05, 0.1) is 16.8 Å². The number of fused-ring (bicyclic) bond motifs is 1. The summed E-state index contributed by atoms with van der Waals surface area (Å²) in [4.78, 5) is 52.7. The summed E-state index contributed by atoms with van der Waals surface area (Å²) in [6.45, 7) is 9.23. The molecule has 34 heavy (non-hydrogen) atoms. The molecule has 0 unspecified atom stereocenters. The number of nitrogens with two attached hydrogens (primary N) is 1. The Hall–Kier alpha value is -3.66. The van der Waals surface area contributed by atoms with Crippen LogP contribution in [0.5, 0.6) is 0 Å². The quantitative estimate of drug-likeness (QED) is 0.651. The summed E-state index contributed by atoms with van der Waals surface area (Å²) in [5, 5.41) is 2.16. The first-order chi connectivity index (χ1) is 16.0. The first-order valence-corrected chi connectivity index (χ1v) is 11.2. The van der Waals surface area contributed by atoms with Crippen LogP contribution in [0.1, 0.15) is 47.1 Å². The number of hydrogen-bond acceptors (Lipinski definition) is 7. The van der Waals surface area contributed by atoms with Crippen LogP contribution in [0, 0.1) is 0 Å². The lowest BCUT2D eigenvalue weighted by Crippen LogP contribution is -2.50. The van der Waals surface area contributed by atoms with Crippen molar-refractivity contribution < 1.29 is 19.1 Å². The number of carbonyl (C=O) groups is 3. The van der Waals surface area contributed by atoms with Crippen molar-refractivity contribution in [2.45, 2.75) is 32.8 Å². The van der Waals surface area contributed by atoms with Gasteiger partial charge in [-0.3, -0.25) is 29.2 Å². The molecule has 4 rings (SSSR count). The topological polar surface area (TPSA) is 127 Å². The van der Waals surface area contributed by atoms with E-state index in [4.69, 9.17) is 10.5 Å². The number of carbonyl (C=O) groups excluding carboxylic acids is 3. The van der Waals surface area contributed by atoms with Gasteiger partial charge in [0.2, 0.25) is 0 Å². The number of nitrogens with zero attached hydrogens (tertiary/aromatic N) is 3. The minimum Gasteiger partial charge on any atom is -0.444 e. The molecule has 0 saturated carbocycles. The van der Waals surface area contributed by atoms with Gasteiger partial charge < -0.3 is 15.4 Å². The summed E-state index contributed by atoms with van der Waals surface area (Å²) in [7, 11) is 0. The molecule has 180 valence electrons. The summed E-state index contributed by atoms with van der Waals surface area (Å²) in [5.41, 5.74) is 6.75. The van der Waals surface area contributed by atoms with Crippen molar-refractivity contribution in [2.75, 3.05) is 38.5 Å². The molecule has 0 bridgehead atoms. The molecule has 2 aromatic rings. The third-order valence-corrected chi connectivity index (χ3v) is 5.89. The summed E-state index contributed by atoms with van der Waals surface area (Å²) in [5.74, 6) is -1.27. The Kier molecular flexibility index (Phi) is 6.18. The zero-order chi connectivity index (χ0) is 24.6. The highest BCUT2D eigenvalue weighted by molar-refractivity contribution is 6.23. The molecule has 10 heteroatoms. The van der Waals surface area contributed by atoms with Crippen LogP contribution < -0.4 is 16.6 Å². The van der Waals surface area contributed by atoms with E-state index in [1.165, 1.54) is 4.57 Å². The van der Waals surface area contributed by atoms with Gasteiger partial charge in [-0.2, -0.15) is 0 Å². The molecule has 3 amide bonds. The second-order valence-corrected chi connectivity index (χ2v) is 9.50. The maximum absolute atomic E-state index is 12.6. The van der Waals surface area contributed by atoms with E-state index in [0.29, 0.717) is 18.8 Å². The van der Waals surface area contributed by atoms with Crippen LogP contribution >= 0.6 is 0 Å². The van der Waals surface area contributed by atoms with E-state index in [0.717, 1.165) is 37.7 Å². The molecule has 10 nitrogen and oxygen atoms in total. The molecule has 0 radical (unpaired) electrons. The number of anilines is 1. The Labute approximate surface area is 197 Å². The molecule has 2 aliphatic heterocycles. The van der Waals surface area contributed by atoms with Gasteiger partial charge in [-0.15, -0.1) is 0 Å². The summed E-state index contributed by atoms with van der Waals surface area (Å²) >= 11 is 0. The Bertz CT molecular complexity index is 1190. The van der Waals surface area contributed by atoms with Crippen molar-refractivity contribution in [1.29, 1.82) is 0 Å². The molecule has 3 heterocycles. The Morgan fingerprint density at radius 3 is 2.29 bits per heavy atom. The van der Waals surface area contributed by atoms with E-state index in [2.05, 4.69) is 10.2 Å². The average molecular weight is 468 g/mol. The van der Waals surface area contributed by atoms with Gasteiger partial charge in [0, 0.05) is 38.8 Å². The molecule has 1 fully saturated rings. The van der Waals surface area contributed by atoms with Gasteiger partial charge in [-0.25, -0.2) is 4.79 Å². The third-order valence-electron chi connectivity index (χ3n) is 5.89. The molecule has 3 N–H and O–H groups in total. The molecule has 0 atom stereocenters. The predicted octanol–water partition coefficient (Wildman–Crippen LogP) is 1.40. The average Bonchev–Trinajstić information content (AvgIpc) is 3.05. The Morgan fingerprint density at radius 2 is 1.68 bits per heavy atom. The number of imide groups is 1. The highest BCUT2D eigenvalue weighted by Crippen LogP contribution is 2.23. The van der Waals surface area contributed by atoms with Gasteiger partial charge in [-0.1, -0.05) is 12.1 Å². The number of rotatable bonds is 4. The number of hydrogen-bond donors (Lipinski definition) is 2. The first kappa shape index (κ1) is 23.5. The van der Waals surface area contributed by atoms with Gasteiger partial charge in [0.25, 0.3) is 17.4 Å². The van der Waals surface area contributed by atoms with Crippen LogP contribution in [0.2, 0.25) is 0 Å². The van der Waals surface area contributed by atoms with Crippen LogP contribution in [0.25, 0.3) is 5.69 Å². The zero-order valence-corrected chi connectivity index (χ0v) is 19.6. The lowest BCUT2D eigenvalue weighted by Gasteiger charge is -2.35. The molecule has 1 saturated heterocycles. The van der Waals surface area contributed by atoms with Crippen LogP contribution in [0.3, 0.4) is 0 Å². The minimum atomic E-state index is -0.613. The van der Waals surface area contributed by atoms with Gasteiger partial charge in [0.1, 0.15) is 11.4 Å². The van der Waals surface area contributed by atoms with E-state index in [1.807, 2.05) is 32.9 Å². The van der Waals surface area contributed by atoms with Crippen LogP contribution in [-0.2, 0) is 11.2 Å². The molecule has 1 aromatic carbocycles. The number of nitrogens with one attached hydrogen (secondary N) is 1. The maximum atomic E-state index is 12.6. The molecular formula is C24H29N5O5. The van der Waals surface area contributed by atoms with E-state index in [1.54, 1.807) is 17.0 Å². The monoisotopic (exact) mass is 467 g/mol. The normalized spacial score (nSPS) is 16.4. The smallest absolute Gasteiger partial charge is 0.410 e. The fraction of sp³-hybridized carbons (Fsp3) is 0.417. The van der Waals surface area contributed by atoms with E-state index < -0.39 is 23.0 Å². The van der Waals surface area contributed by atoms with Crippen LogP contribution in [0.4, 0.5) is 10.6 Å². The SMILES string of the molecule is CC(C)(C)OC(=O)N1CCN(CCc2ccc(-n3c(N)c4c(cc3=O)C(=O)NC4=O)cc2)CC1. The number of amides is 3. The zero-order valence-electron chi connectivity index (χ0n) is 19.6. The van der Waals surface area contributed by atoms with Crippen molar-refractivity contribution in [3.05, 3.63) is 57.4 Å². The molecule has 0 spiro atoms. The lowest BCUT2D eigenvalue weighted by atomic mass is 10.1. The molecule has 2 aliphatic rings. The van der Waals surface area contributed by atoms with E-state index >= 15 is 0 Å². The Balaban J connectivity index is 1.37. The number of aromatic nitrogens is 1. The van der Waals surface area contributed by atoms with Crippen molar-refractivity contribution in [1.82, 2.24) is 19.7 Å². The largest absolute Gasteiger partial charge is 0.444 e. The van der Waals surface area contributed by atoms with Crippen molar-refractivity contribution in [2.24, 2.45) is 0 Å². The summed E-state index contributed by atoms with van der Waals surface area (Å²) in [6, 6.07) is 8.51. The second-order valence-electron chi connectivity index (χ2n) is 9.50. The summed E-state index contributed by atoms with van der Waals surface area (Å²) in [6.07, 6.45) is 0.531. The predicted molar refractivity (Wildman–Crippen MR) is 126 cm³/mol. The van der Waals surface area contributed by atoms with Crippen molar-refractivity contribution in [3.63, 3.8) is 0 Å².